The summed E-state index contributed by atoms with van der Waals surface area (Å²) in [6, 6.07) is 0. The van der Waals surface area contributed by atoms with Crippen molar-refractivity contribution in [1.29, 1.82) is 0 Å². The quantitative estimate of drug-likeness (QED) is 0.233. The second kappa shape index (κ2) is 13.6. The molecule has 4 nitrogen and oxygen atoms in total. The van der Waals surface area contributed by atoms with Gasteiger partial charge >= 0.3 is 5.97 Å². The third-order valence-corrected chi connectivity index (χ3v) is 2.97. The minimum Gasteiger partial charge on any atom is -0.454 e. The van der Waals surface area contributed by atoms with E-state index in [0.29, 0.717) is 6.42 Å². The summed E-state index contributed by atoms with van der Waals surface area (Å²) in [5.74, 6) is 8.92. The van der Waals surface area contributed by atoms with E-state index >= 15 is 0 Å². The molecule has 0 bridgehead atoms. The lowest BCUT2D eigenvalue weighted by molar-refractivity contribution is -0.147. The van der Waals surface area contributed by atoms with Gasteiger partial charge in [0.05, 0.1) is 0 Å². The zero-order valence-corrected chi connectivity index (χ0v) is 14.2. The maximum absolute atomic E-state index is 11.1. The van der Waals surface area contributed by atoms with Gasteiger partial charge < -0.3 is 9.84 Å². The average molecular weight is 318 g/mol. The first-order valence-corrected chi connectivity index (χ1v) is 8.07. The van der Waals surface area contributed by atoms with Gasteiger partial charge in [-0.1, -0.05) is 45.1 Å². The Hall–Kier alpha value is -2.04. The largest absolute Gasteiger partial charge is 0.454 e. The van der Waals surface area contributed by atoms with E-state index in [2.05, 4.69) is 30.6 Å². The van der Waals surface area contributed by atoms with E-state index in [1.54, 1.807) is 13.0 Å². The molecule has 0 spiro atoms. The normalized spacial score (nSPS) is 12.5. The summed E-state index contributed by atoms with van der Waals surface area (Å²) in [5, 5.41) is 9.97. The number of allylic oxidation sites excluding steroid dienone is 1. The maximum atomic E-state index is 11.1. The van der Waals surface area contributed by atoms with Crippen LogP contribution in [0.5, 0.6) is 0 Å². The molecule has 0 saturated heterocycles. The summed E-state index contributed by atoms with van der Waals surface area (Å²) in [6.07, 6.45) is 7.33. The van der Waals surface area contributed by atoms with Crippen LogP contribution in [0.1, 0.15) is 59.3 Å². The molecule has 1 N–H and O–H groups in total. The van der Waals surface area contributed by atoms with Gasteiger partial charge in [0.25, 0.3) is 0 Å². The molecule has 0 aromatic rings. The number of ketones is 1. The van der Waals surface area contributed by atoms with Crippen LogP contribution in [0.25, 0.3) is 0 Å². The molecule has 0 radical (unpaired) electrons. The Kier molecular flexibility index (Phi) is 12.4. The van der Waals surface area contributed by atoms with Crippen molar-refractivity contribution in [2.24, 2.45) is 0 Å². The van der Waals surface area contributed by atoms with Gasteiger partial charge in [0.2, 0.25) is 5.78 Å². The lowest BCUT2D eigenvalue weighted by atomic mass is 10.1. The lowest BCUT2D eigenvalue weighted by Crippen LogP contribution is -2.27. The van der Waals surface area contributed by atoms with E-state index in [4.69, 9.17) is 4.74 Å². The molecule has 4 heteroatoms. The second-order valence-electron chi connectivity index (χ2n) is 5.09. The highest BCUT2D eigenvalue weighted by molar-refractivity contribution is 5.95. The van der Waals surface area contributed by atoms with Crippen LogP contribution in [0.2, 0.25) is 0 Å². The van der Waals surface area contributed by atoms with Crippen molar-refractivity contribution in [1.82, 2.24) is 0 Å². The van der Waals surface area contributed by atoms with E-state index in [1.807, 2.05) is 6.08 Å². The number of aliphatic hydroxyl groups excluding tert-OH is 1. The molecule has 23 heavy (non-hydrogen) atoms. The Labute approximate surface area is 139 Å². The number of Topliss-reactive ketones (excluding diaryl/α,β-unsaturated/α-hetero) is 1. The molecule has 0 rings (SSSR count). The van der Waals surface area contributed by atoms with Gasteiger partial charge in [0, 0.05) is 13.3 Å². The van der Waals surface area contributed by atoms with E-state index in [9.17, 15) is 14.7 Å². The molecule has 0 saturated carbocycles. The number of hydrogen-bond donors (Lipinski definition) is 1. The maximum Gasteiger partial charge on any atom is 0.303 e. The van der Waals surface area contributed by atoms with Gasteiger partial charge in [-0.05, 0) is 36.7 Å². The molecule has 0 aliphatic heterocycles. The van der Waals surface area contributed by atoms with Gasteiger partial charge in [-0.15, -0.1) is 0 Å². The molecule has 0 aliphatic rings. The Morgan fingerprint density at radius 1 is 1.17 bits per heavy atom. The summed E-state index contributed by atoms with van der Waals surface area (Å²) in [7, 11) is 0. The van der Waals surface area contributed by atoms with Crippen LogP contribution in [0.15, 0.2) is 12.2 Å². The third-order valence-electron chi connectivity index (χ3n) is 2.97. The monoisotopic (exact) mass is 318 g/mol. The smallest absolute Gasteiger partial charge is 0.303 e. The molecule has 0 amide bonds. The fourth-order valence-corrected chi connectivity index (χ4v) is 1.70. The summed E-state index contributed by atoms with van der Waals surface area (Å²) in [6.45, 7) is 5.14. The summed E-state index contributed by atoms with van der Waals surface area (Å²) in [4.78, 5) is 22.1. The minimum atomic E-state index is -1.17. The summed E-state index contributed by atoms with van der Waals surface area (Å²) >= 11 is 0. The molecule has 2 atom stereocenters. The Morgan fingerprint density at radius 3 is 2.52 bits per heavy atom. The third kappa shape index (κ3) is 12.2. The topological polar surface area (TPSA) is 63.6 Å². The Morgan fingerprint density at radius 2 is 1.91 bits per heavy atom. The van der Waals surface area contributed by atoms with Gasteiger partial charge in [-0.3, -0.25) is 9.59 Å². The molecule has 0 aromatic carbocycles. The van der Waals surface area contributed by atoms with Gasteiger partial charge in [0.15, 0.2) is 12.2 Å². The Bertz CT molecular complexity index is 511. The molecule has 2 unspecified atom stereocenters. The first-order chi connectivity index (χ1) is 11.0. The fraction of sp³-hybridized carbons (Fsp3) is 0.579. The van der Waals surface area contributed by atoms with Crippen LogP contribution >= 0.6 is 0 Å². The highest BCUT2D eigenvalue weighted by Crippen LogP contribution is 2.06. The number of carbonyl (C=O) groups excluding carboxylic acids is 2. The summed E-state index contributed by atoms with van der Waals surface area (Å²) in [5.41, 5.74) is 0. The zero-order valence-electron chi connectivity index (χ0n) is 14.2. The molecule has 0 fully saturated rings. The van der Waals surface area contributed by atoms with E-state index < -0.39 is 18.2 Å². The molecular formula is C19H26O4. The fourth-order valence-electron chi connectivity index (χ4n) is 1.70. The van der Waals surface area contributed by atoms with Crippen molar-refractivity contribution in [3.63, 3.8) is 0 Å². The van der Waals surface area contributed by atoms with Crippen molar-refractivity contribution in [2.45, 2.75) is 71.5 Å². The molecule has 0 aromatic heterocycles. The van der Waals surface area contributed by atoms with Crippen LogP contribution in [0.3, 0.4) is 0 Å². The Balaban J connectivity index is 4.59. The number of rotatable bonds is 9. The number of hydrogen-bond acceptors (Lipinski definition) is 4. The van der Waals surface area contributed by atoms with Crippen LogP contribution in [0.4, 0.5) is 0 Å². The SMILES string of the molecule is CCCCCC/C=C/C(OC(C)=O)C(O)C#CC#CC(=O)CC. The highest BCUT2D eigenvalue weighted by atomic mass is 16.6. The molecule has 126 valence electrons. The van der Waals surface area contributed by atoms with Crippen molar-refractivity contribution in [3.05, 3.63) is 12.2 Å². The number of unbranched alkanes of at least 4 members (excludes halogenated alkanes) is 4. The predicted molar refractivity (Wildman–Crippen MR) is 90.3 cm³/mol. The van der Waals surface area contributed by atoms with Crippen molar-refractivity contribution >= 4 is 11.8 Å². The highest BCUT2D eigenvalue weighted by Gasteiger charge is 2.16. The van der Waals surface area contributed by atoms with Gasteiger partial charge in [0.1, 0.15) is 0 Å². The van der Waals surface area contributed by atoms with Crippen molar-refractivity contribution in [2.75, 3.05) is 0 Å². The van der Waals surface area contributed by atoms with Crippen molar-refractivity contribution < 1.29 is 19.4 Å². The first kappa shape index (κ1) is 21.0. The van der Waals surface area contributed by atoms with E-state index in [1.165, 1.54) is 19.8 Å². The minimum absolute atomic E-state index is 0.211. The standard InChI is InChI=1S/C19H26O4/c1-4-6-7-8-9-10-15-19(23-16(3)20)18(22)14-12-11-13-17(21)5-2/h10,15,18-19,22H,4-9H2,1-3H3/b15-10+. The van der Waals surface area contributed by atoms with Gasteiger partial charge in [-0.25, -0.2) is 0 Å². The van der Waals surface area contributed by atoms with Crippen LogP contribution in [-0.2, 0) is 14.3 Å². The average Bonchev–Trinajstić information content (AvgIpc) is 2.52. The number of ether oxygens (including phenoxy) is 1. The van der Waals surface area contributed by atoms with E-state index in [-0.39, 0.29) is 5.78 Å². The number of aliphatic hydroxyl groups is 1. The van der Waals surface area contributed by atoms with Crippen LogP contribution in [-0.4, -0.2) is 29.1 Å². The van der Waals surface area contributed by atoms with E-state index in [0.717, 1.165) is 19.3 Å². The number of esters is 1. The zero-order chi connectivity index (χ0) is 17.5. The predicted octanol–water partition coefficient (Wildman–Crippen LogP) is 2.79. The van der Waals surface area contributed by atoms with Crippen LogP contribution < -0.4 is 0 Å². The van der Waals surface area contributed by atoms with Crippen LogP contribution in [0, 0.1) is 23.7 Å². The number of carbonyl (C=O) groups is 2. The van der Waals surface area contributed by atoms with Crippen molar-refractivity contribution in [3.8, 4) is 23.7 Å². The molecule has 0 aliphatic carbocycles. The lowest BCUT2D eigenvalue weighted by Gasteiger charge is -2.15. The first-order valence-electron chi connectivity index (χ1n) is 8.07. The molecular weight excluding hydrogens is 292 g/mol. The van der Waals surface area contributed by atoms with Gasteiger partial charge in [-0.2, -0.15) is 0 Å². The molecule has 0 heterocycles. The summed E-state index contributed by atoms with van der Waals surface area (Å²) < 4.78 is 5.05. The second-order valence-corrected chi connectivity index (χ2v) is 5.09.